The van der Waals surface area contributed by atoms with E-state index in [4.69, 9.17) is 23.2 Å². The number of hydrogen-bond donors (Lipinski definition) is 0. The lowest BCUT2D eigenvalue weighted by molar-refractivity contribution is -0.131. The predicted octanol–water partition coefficient (Wildman–Crippen LogP) is 3.49. The summed E-state index contributed by atoms with van der Waals surface area (Å²) in [6.45, 7) is 3.56. The van der Waals surface area contributed by atoms with Crippen molar-refractivity contribution in [2.24, 2.45) is 0 Å². The Balaban J connectivity index is 1.66. The third kappa shape index (κ3) is 5.06. The largest absolute Gasteiger partial charge is 0.368 e. The lowest BCUT2D eigenvalue weighted by Crippen LogP contribution is -2.51. The van der Waals surface area contributed by atoms with Gasteiger partial charge in [0.25, 0.3) is 0 Å². The fraction of sp³-hybridized carbons (Fsp3) is 0.350. The summed E-state index contributed by atoms with van der Waals surface area (Å²) < 4.78 is 40.2. The average Bonchev–Trinajstić information content (AvgIpc) is 2.74. The first-order valence-electron chi connectivity index (χ1n) is 9.46. The summed E-state index contributed by atoms with van der Waals surface area (Å²) in [6.07, 6.45) is 0. The molecule has 0 saturated carbocycles. The number of carbonyl (C=O) groups is 1. The molecule has 10 heteroatoms. The molecule has 3 rings (SSSR count). The van der Waals surface area contributed by atoms with E-state index >= 15 is 0 Å². The van der Waals surface area contributed by atoms with E-state index in [1.165, 1.54) is 30.3 Å². The van der Waals surface area contributed by atoms with Crippen molar-refractivity contribution in [1.82, 2.24) is 9.21 Å². The fourth-order valence-electron chi connectivity index (χ4n) is 3.30. The van der Waals surface area contributed by atoms with Gasteiger partial charge in [-0.15, -0.1) is 0 Å². The van der Waals surface area contributed by atoms with E-state index in [9.17, 15) is 17.6 Å². The van der Waals surface area contributed by atoms with Crippen LogP contribution in [0.5, 0.6) is 0 Å². The molecule has 0 spiro atoms. The molecule has 30 heavy (non-hydrogen) atoms. The summed E-state index contributed by atoms with van der Waals surface area (Å²) in [6, 6.07) is 10.4. The van der Waals surface area contributed by atoms with Gasteiger partial charge in [0.2, 0.25) is 15.9 Å². The number of benzene rings is 2. The van der Waals surface area contributed by atoms with Crippen LogP contribution >= 0.6 is 23.2 Å². The smallest absolute Gasteiger partial charge is 0.245 e. The van der Waals surface area contributed by atoms with Crippen molar-refractivity contribution in [3.05, 3.63) is 58.3 Å². The zero-order chi connectivity index (χ0) is 21.9. The first-order valence-corrected chi connectivity index (χ1v) is 11.7. The molecular weight excluding hydrogens is 452 g/mol. The number of halogens is 3. The van der Waals surface area contributed by atoms with Crippen LogP contribution in [-0.2, 0) is 14.8 Å². The monoisotopic (exact) mass is 473 g/mol. The van der Waals surface area contributed by atoms with Crippen LogP contribution in [0.25, 0.3) is 0 Å². The molecule has 1 heterocycles. The molecule has 0 aliphatic carbocycles. The molecule has 6 nitrogen and oxygen atoms in total. The molecule has 1 aliphatic heterocycles. The molecule has 0 bridgehead atoms. The lowest BCUT2D eigenvalue weighted by atomic mass is 10.2. The Morgan fingerprint density at radius 1 is 1.07 bits per heavy atom. The van der Waals surface area contributed by atoms with Gasteiger partial charge in [-0.05, 0) is 42.5 Å². The second-order valence-corrected chi connectivity index (χ2v) is 9.60. The van der Waals surface area contributed by atoms with Gasteiger partial charge in [-0.2, -0.15) is 4.31 Å². The van der Waals surface area contributed by atoms with Crippen LogP contribution < -0.4 is 4.90 Å². The summed E-state index contributed by atoms with van der Waals surface area (Å²) in [5, 5.41) is 0.301. The van der Waals surface area contributed by atoms with Crippen molar-refractivity contribution >= 4 is 44.8 Å². The van der Waals surface area contributed by atoms with E-state index in [0.29, 0.717) is 26.2 Å². The minimum absolute atomic E-state index is 0.0539. The SMILES string of the molecule is CCN(CC(=O)N1CCN(c2ccc(F)cc2)CC1)S(=O)(=O)c1cc(Cl)ccc1Cl. The number of hydrogen-bond acceptors (Lipinski definition) is 4. The first kappa shape index (κ1) is 22.8. The number of anilines is 1. The van der Waals surface area contributed by atoms with E-state index in [0.717, 1.165) is 9.99 Å². The highest BCUT2D eigenvalue weighted by Crippen LogP contribution is 2.28. The standard InChI is InChI=1S/C20H22Cl2FN3O3S/c1-2-26(30(28,29)19-13-15(21)3-8-18(19)22)14-20(27)25-11-9-24(10-12-25)17-6-4-16(23)5-7-17/h3-8,13H,2,9-12,14H2,1H3. The van der Waals surface area contributed by atoms with Gasteiger partial charge in [0.1, 0.15) is 10.7 Å². The van der Waals surface area contributed by atoms with Gasteiger partial charge in [0, 0.05) is 43.4 Å². The Morgan fingerprint density at radius 3 is 2.30 bits per heavy atom. The summed E-state index contributed by atoms with van der Waals surface area (Å²) in [5.41, 5.74) is 0.886. The van der Waals surface area contributed by atoms with Crippen LogP contribution in [0.3, 0.4) is 0 Å². The maximum atomic E-state index is 13.1. The molecular formula is C20H22Cl2FN3O3S. The maximum Gasteiger partial charge on any atom is 0.245 e. The third-order valence-corrected chi connectivity index (χ3v) is 7.64. The molecule has 1 saturated heterocycles. The van der Waals surface area contributed by atoms with Crippen molar-refractivity contribution in [2.75, 3.05) is 44.2 Å². The van der Waals surface area contributed by atoms with Crippen LogP contribution in [0, 0.1) is 5.82 Å². The molecule has 1 aliphatic rings. The number of carbonyl (C=O) groups excluding carboxylic acids is 1. The van der Waals surface area contributed by atoms with Crippen LogP contribution in [0.15, 0.2) is 47.4 Å². The average molecular weight is 474 g/mol. The van der Waals surface area contributed by atoms with E-state index < -0.39 is 10.0 Å². The van der Waals surface area contributed by atoms with Crippen molar-refractivity contribution < 1.29 is 17.6 Å². The third-order valence-electron chi connectivity index (χ3n) is 5.00. The molecule has 0 atom stereocenters. The molecule has 0 aromatic heterocycles. The molecule has 1 amide bonds. The van der Waals surface area contributed by atoms with Gasteiger partial charge in [0.15, 0.2) is 0 Å². The van der Waals surface area contributed by atoms with Gasteiger partial charge in [0.05, 0.1) is 11.6 Å². The van der Waals surface area contributed by atoms with Crippen molar-refractivity contribution in [1.29, 1.82) is 0 Å². The highest BCUT2D eigenvalue weighted by molar-refractivity contribution is 7.89. The molecule has 0 radical (unpaired) electrons. The minimum Gasteiger partial charge on any atom is -0.368 e. The van der Waals surface area contributed by atoms with Crippen molar-refractivity contribution in [3.63, 3.8) is 0 Å². The molecule has 1 fully saturated rings. The zero-order valence-corrected chi connectivity index (χ0v) is 18.7. The quantitative estimate of drug-likeness (QED) is 0.643. The van der Waals surface area contributed by atoms with E-state index in [1.807, 2.05) is 0 Å². The summed E-state index contributed by atoms with van der Waals surface area (Å²) in [7, 11) is -3.97. The van der Waals surface area contributed by atoms with Gasteiger partial charge < -0.3 is 9.80 Å². The molecule has 162 valence electrons. The number of piperazine rings is 1. The topological polar surface area (TPSA) is 60.9 Å². The van der Waals surface area contributed by atoms with Crippen molar-refractivity contribution in [2.45, 2.75) is 11.8 Å². The van der Waals surface area contributed by atoms with Gasteiger partial charge in [-0.25, -0.2) is 12.8 Å². The summed E-state index contributed by atoms with van der Waals surface area (Å²) in [4.78, 5) is 16.4. The molecule has 2 aromatic rings. The van der Waals surface area contributed by atoms with E-state index in [-0.39, 0.29) is 39.8 Å². The fourth-order valence-corrected chi connectivity index (χ4v) is 5.43. The Hall–Kier alpha value is -1.87. The highest BCUT2D eigenvalue weighted by atomic mass is 35.5. The Bertz CT molecular complexity index is 1010. The highest BCUT2D eigenvalue weighted by Gasteiger charge is 2.30. The van der Waals surface area contributed by atoms with Crippen molar-refractivity contribution in [3.8, 4) is 0 Å². The normalized spacial score (nSPS) is 15.0. The van der Waals surface area contributed by atoms with E-state index in [2.05, 4.69) is 4.90 Å². The van der Waals surface area contributed by atoms with Crippen LogP contribution in [-0.4, -0.2) is 62.8 Å². The zero-order valence-electron chi connectivity index (χ0n) is 16.4. The Labute approximate surface area is 185 Å². The Kier molecular flexibility index (Phi) is 7.23. The van der Waals surface area contributed by atoms with Crippen LogP contribution in [0.2, 0.25) is 10.0 Å². The second kappa shape index (κ2) is 9.51. The summed E-state index contributed by atoms with van der Waals surface area (Å²) >= 11 is 12.0. The minimum atomic E-state index is -3.97. The number of rotatable bonds is 6. The first-order chi connectivity index (χ1) is 14.2. The van der Waals surface area contributed by atoms with Gasteiger partial charge in [-0.1, -0.05) is 30.1 Å². The molecule has 2 aromatic carbocycles. The predicted molar refractivity (Wildman–Crippen MR) is 116 cm³/mol. The van der Waals surface area contributed by atoms with E-state index in [1.54, 1.807) is 24.0 Å². The van der Waals surface area contributed by atoms with Crippen LogP contribution in [0.4, 0.5) is 10.1 Å². The number of amides is 1. The van der Waals surface area contributed by atoms with Crippen LogP contribution in [0.1, 0.15) is 6.92 Å². The summed E-state index contributed by atoms with van der Waals surface area (Å²) in [5.74, 6) is -0.578. The van der Waals surface area contributed by atoms with Gasteiger partial charge >= 0.3 is 0 Å². The number of nitrogens with zero attached hydrogens (tertiary/aromatic N) is 3. The number of sulfonamides is 1. The van der Waals surface area contributed by atoms with Gasteiger partial charge in [-0.3, -0.25) is 4.79 Å². The molecule has 0 N–H and O–H groups in total. The second-order valence-electron chi connectivity index (χ2n) is 6.85. The maximum absolute atomic E-state index is 13.1. The Morgan fingerprint density at radius 2 is 1.70 bits per heavy atom. The number of likely N-dealkylation sites (N-methyl/N-ethyl adjacent to an activating group) is 1. The molecule has 0 unspecified atom stereocenters. The lowest BCUT2D eigenvalue weighted by Gasteiger charge is -2.36.